The molecule has 3 aromatic heterocycles. The monoisotopic (exact) mass is 442 g/mol. The first-order valence-corrected chi connectivity index (χ1v) is 10.1. The Morgan fingerprint density at radius 1 is 1.10 bits per heavy atom. The molecule has 0 aliphatic rings. The number of rotatable bonds is 3. The second-order valence-corrected chi connectivity index (χ2v) is 8.10. The van der Waals surface area contributed by atoms with Crippen molar-refractivity contribution >= 4 is 39.0 Å². The van der Waals surface area contributed by atoms with Crippen molar-refractivity contribution in [2.75, 3.05) is 11.1 Å². The number of halogens is 3. The number of aryl methyl sites for hydroxylation is 2. The van der Waals surface area contributed by atoms with Crippen molar-refractivity contribution in [1.82, 2.24) is 9.97 Å². The van der Waals surface area contributed by atoms with Crippen LogP contribution in [0.2, 0.25) is 0 Å². The Morgan fingerprint density at radius 3 is 2.42 bits per heavy atom. The largest absolute Gasteiger partial charge is 0.417 e. The summed E-state index contributed by atoms with van der Waals surface area (Å²) in [6.45, 7) is 3.92. The van der Waals surface area contributed by atoms with Gasteiger partial charge < -0.3 is 11.1 Å². The van der Waals surface area contributed by atoms with E-state index in [1.165, 1.54) is 0 Å². The fourth-order valence-corrected chi connectivity index (χ4v) is 4.09. The van der Waals surface area contributed by atoms with Crippen molar-refractivity contribution in [3.8, 4) is 11.3 Å². The van der Waals surface area contributed by atoms with E-state index in [0.29, 0.717) is 16.4 Å². The van der Waals surface area contributed by atoms with Gasteiger partial charge in [0.15, 0.2) is 0 Å². The molecule has 0 saturated carbocycles. The van der Waals surface area contributed by atoms with Crippen LogP contribution in [0.3, 0.4) is 0 Å². The summed E-state index contributed by atoms with van der Waals surface area (Å²) in [5, 5.41) is 3.15. The van der Waals surface area contributed by atoms with E-state index in [-0.39, 0.29) is 16.4 Å². The molecule has 0 unspecified atom stereocenters. The Bertz CT molecular complexity index is 1280. The summed E-state index contributed by atoms with van der Waals surface area (Å²) in [6, 6.07) is 11.8. The predicted molar refractivity (Wildman–Crippen MR) is 116 cm³/mol. The lowest BCUT2D eigenvalue weighted by atomic mass is 10.0. The SMILES string of the molecule is Cc1ccc(-c2nc3sc(C(=O)Nc4ccc(C(F)(F)F)cn4)c(N)c3cc2C)cc1. The molecule has 31 heavy (non-hydrogen) atoms. The van der Waals surface area contributed by atoms with Gasteiger partial charge in [0.25, 0.3) is 5.91 Å². The molecule has 4 rings (SSSR count). The first-order valence-electron chi connectivity index (χ1n) is 9.25. The van der Waals surface area contributed by atoms with Gasteiger partial charge in [-0.1, -0.05) is 29.8 Å². The third-order valence-corrected chi connectivity index (χ3v) is 5.89. The molecule has 1 amide bonds. The highest BCUT2D eigenvalue weighted by atomic mass is 32.1. The standard InChI is InChI=1S/C22H17F3N4OS/c1-11-3-5-13(6-4-11)18-12(2)9-15-17(26)19(31-21(15)29-18)20(30)28-16-8-7-14(10-27-16)22(23,24)25/h3-10H,26H2,1-2H3,(H,27,28,30). The van der Waals surface area contributed by atoms with Gasteiger partial charge in [0.1, 0.15) is 15.5 Å². The van der Waals surface area contributed by atoms with Crippen molar-refractivity contribution in [2.45, 2.75) is 20.0 Å². The lowest BCUT2D eigenvalue weighted by molar-refractivity contribution is -0.137. The van der Waals surface area contributed by atoms with Gasteiger partial charge in [-0.05, 0) is 37.6 Å². The molecule has 0 atom stereocenters. The van der Waals surface area contributed by atoms with Crippen LogP contribution >= 0.6 is 11.3 Å². The number of nitrogens with zero attached hydrogens (tertiary/aromatic N) is 2. The van der Waals surface area contributed by atoms with Gasteiger partial charge in [0, 0.05) is 17.1 Å². The maximum atomic E-state index is 12.7. The zero-order chi connectivity index (χ0) is 22.3. The van der Waals surface area contributed by atoms with Crippen LogP contribution in [-0.4, -0.2) is 15.9 Å². The second kappa shape index (κ2) is 7.66. The molecule has 158 valence electrons. The summed E-state index contributed by atoms with van der Waals surface area (Å²) in [5.74, 6) is -0.554. The van der Waals surface area contributed by atoms with Crippen molar-refractivity contribution in [3.63, 3.8) is 0 Å². The van der Waals surface area contributed by atoms with Crippen molar-refractivity contribution in [2.24, 2.45) is 0 Å². The molecule has 0 fully saturated rings. The minimum Gasteiger partial charge on any atom is -0.397 e. The smallest absolute Gasteiger partial charge is 0.397 e. The zero-order valence-electron chi connectivity index (χ0n) is 16.5. The number of fused-ring (bicyclic) bond motifs is 1. The van der Waals surface area contributed by atoms with Crippen LogP contribution in [0.5, 0.6) is 0 Å². The summed E-state index contributed by atoms with van der Waals surface area (Å²) in [6.07, 6.45) is -3.83. The van der Waals surface area contributed by atoms with Gasteiger partial charge in [-0.2, -0.15) is 13.2 Å². The number of nitrogens with one attached hydrogen (secondary N) is 1. The molecule has 0 saturated heterocycles. The predicted octanol–water partition coefficient (Wildman–Crippen LogP) is 5.83. The lowest BCUT2D eigenvalue weighted by Gasteiger charge is -2.07. The summed E-state index contributed by atoms with van der Waals surface area (Å²) in [5.41, 5.74) is 9.38. The minimum absolute atomic E-state index is 0.000611. The number of amides is 1. The molecule has 0 aliphatic carbocycles. The van der Waals surface area contributed by atoms with E-state index in [2.05, 4.69) is 10.3 Å². The van der Waals surface area contributed by atoms with Gasteiger partial charge in [-0.3, -0.25) is 4.79 Å². The van der Waals surface area contributed by atoms with Crippen LogP contribution in [0.25, 0.3) is 21.5 Å². The molecule has 1 aromatic carbocycles. The minimum atomic E-state index is -4.50. The number of carbonyl (C=O) groups excluding carboxylic acids is 1. The number of thiophene rings is 1. The number of alkyl halides is 3. The van der Waals surface area contributed by atoms with Crippen LogP contribution in [0.1, 0.15) is 26.4 Å². The Hall–Kier alpha value is -3.46. The second-order valence-electron chi connectivity index (χ2n) is 7.10. The maximum Gasteiger partial charge on any atom is 0.417 e. The molecule has 0 spiro atoms. The van der Waals surface area contributed by atoms with Crippen LogP contribution in [-0.2, 0) is 6.18 Å². The highest BCUT2D eigenvalue weighted by Crippen LogP contribution is 2.36. The van der Waals surface area contributed by atoms with Crippen molar-refractivity contribution < 1.29 is 18.0 Å². The number of anilines is 2. The summed E-state index contributed by atoms with van der Waals surface area (Å²) >= 11 is 1.12. The first-order chi connectivity index (χ1) is 14.6. The van der Waals surface area contributed by atoms with Crippen LogP contribution in [0.15, 0.2) is 48.7 Å². The lowest BCUT2D eigenvalue weighted by Crippen LogP contribution is -2.13. The zero-order valence-corrected chi connectivity index (χ0v) is 17.4. The average molecular weight is 442 g/mol. The normalized spacial score (nSPS) is 11.6. The Labute approximate surface area is 179 Å². The van der Waals surface area contributed by atoms with E-state index < -0.39 is 17.6 Å². The van der Waals surface area contributed by atoms with E-state index in [0.717, 1.165) is 45.9 Å². The molecular weight excluding hydrogens is 425 g/mol. The van der Waals surface area contributed by atoms with E-state index >= 15 is 0 Å². The average Bonchev–Trinajstić information content (AvgIpc) is 3.04. The number of aromatic nitrogens is 2. The molecule has 0 aliphatic heterocycles. The van der Waals surface area contributed by atoms with Gasteiger partial charge in [0.05, 0.1) is 16.9 Å². The molecule has 4 aromatic rings. The third kappa shape index (κ3) is 4.09. The number of nitrogen functional groups attached to an aromatic ring is 1. The highest BCUT2D eigenvalue weighted by molar-refractivity contribution is 7.21. The number of hydrogen-bond acceptors (Lipinski definition) is 5. The number of benzene rings is 1. The van der Waals surface area contributed by atoms with Gasteiger partial charge in [0.2, 0.25) is 0 Å². The van der Waals surface area contributed by atoms with Gasteiger partial charge in [-0.25, -0.2) is 9.97 Å². The van der Waals surface area contributed by atoms with E-state index in [1.807, 2.05) is 44.2 Å². The Balaban J connectivity index is 1.65. The molecule has 5 nitrogen and oxygen atoms in total. The molecule has 9 heteroatoms. The number of nitrogens with two attached hydrogens (primary N) is 1. The summed E-state index contributed by atoms with van der Waals surface area (Å²) in [4.78, 5) is 21.9. The Kier molecular flexibility index (Phi) is 5.14. The maximum absolute atomic E-state index is 12.7. The van der Waals surface area contributed by atoms with Crippen LogP contribution < -0.4 is 11.1 Å². The fraction of sp³-hybridized carbons (Fsp3) is 0.136. The summed E-state index contributed by atoms with van der Waals surface area (Å²) < 4.78 is 38.0. The molecule has 0 radical (unpaired) electrons. The number of pyridine rings is 2. The van der Waals surface area contributed by atoms with Gasteiger partial charge in [-0.15, -0.1) is 11.3 Å². The van der Waals surface area contributed by atoms with Crippen LogP contribution in [0.4, 0.5) is 24.7 Å². The number of carbonyl (C=O) groups is 1. The third-order valence-electron chi connectivity index (χ3n) is 4.78. The topological polar surface area (TPSA) is 80.9 Å². The van der Waals surface area contributed by atoms with E-state index in [9.17, 15) is 18.0 Å². The first kappa shape index (κ1) is 20.8. The van der Waals surface area contributed by atoms with E-state index in [1.54, 1.807) is 0 Å². The highest BCUT2D eigenvalue weighted by Gasteiger charge is 2.30. The molecule has 0 bridgehead atoms. The van der Waals surface area contributed by atoms with Crippen molar-refractivity contribution in [3.05, 3.63) is 70.2 Å². The van der Waals surface area contributed by atoms with E-state index in [4.69, 9.17) is 10.7 Å². The van der Waals surface area contributed by atoms with Gasteiger partial charge >= 0.3 is 6.18 Å². The van der Waals surface area contributed by atoms with Crippen LogP contribution in [0, 0.1) is 13.8 Å². The Morgan fingerprint density at radius 2 is 1.81 bits per heavy atom. The quantitative estimate of drug-likeness (QED) is 0.418. The molecule has 3 heterocycles. The fourth-order valence-electron chi connectivity index (χ4n) is 3.12. The van der Waals surface area contributed by atoms with Crippen molar-refractivity contribution in [1.29, 1.82) is 0 Å². The number of hydrogen-bond donors (Lipinski definition) is 2. The summed E-state index contributed by atoms with van der Waals surface area (Å²) in [7, 11) is 0. The molecule has 3 N–H and O–H groups in total. The molecular formula is C22H17F3N4OS.